The maximum Gasteiger partial charge on any atom is 0.490 e. The molecule has 2 aliphatic rings. The van der Waals surface area contributed by atoms with Gasteiger partial charge in [0, 0.05) is 57.7 Å². The molecule has 1 N–H and O–H groups in total. The molecule has 1 aromatic carbocycles. The lowest BCUT2D eigenvalue weighted by atomic mass is 9.74. The van der Waals surface area contributed by atoms with Crippen molar-refractivity contribution in [1.29, 1.82) is 0 Å². The Morgan fingerprint density at radius 1 is 1.23 bits per heavy atom. The number of carbonyl (C=O) groups excluding carboxylic acids is 1. The Bertz CT molecular complexity index is 1040. The molecule has 190 valence electrons. The van der Waals surface area contributed by atoms with Crippen LogP contribution >= 0.6 is 11.6 Å². The van der Waals surface area contributed by atoms with Gasteiger partial charge in [-0.05, 0) is 36.6 Å². The van der Waals surface area contributed by atoms with Crippen molar-refractivity contribution in [2.45, 2.75) is 31.6 Å². The molecule has 12 heteroatoms. The van der Waals surface area contributed by atoms with Gasteiger partial charge in [-0.2, -0.15) is 13.2 Å². The first-order valence-corrected chi connectivity index (χ1v) is 11.3. The summed E-state index contributed by atoms with van der Waals surface area (Å²) in [6.45, 7) is 3.21. The highest BCUT2D eigenvalue weighted by molar-refractivity contribution is 6.30. The molecule has 0 unspecified atom stereocenters. The summed E-state index contributed by atoms with van der Waals surface area (Å²) in [4.78, 5) is 37.5. The third-order valence-electron chi connectivity index (χ3n) is 6.15. The summed E-state index contributed by atoms with van der Waals surface area (Å²) in [5.41, 5.74) is 0.737. The third-order valence-corrected chi connectivity index (χ3v) is 6.39. The molecular formula is C23H27ClF3N5O3. The molecule has 4 rings (SSSR count). The number of anilines is 1. The predicted molar refractivity (Wildman–Crippen MR) is 124 cm³/mol. The van der Waals surface area contributed by atoms with Gasteiger partial charge in [-0.25, -0.2) is 14.8 Å². The molecule has 2 atom stereocenters. The van der Waals surface area contributed by atoms with Gasteiger partial charge in [-0.15, -0.1) is 0 Å². The van der Waals surface area contributed by atoms with Crippen LogP contribution in [-0.4, -0.2) is 82.7 Å². The van der Waals surface area contributed by atoms with Gasteiger partial charge in [-0.1, -0.05) is 23.7 Å². The molecular weight excluding hydrogens is 487 g/mol. The van der Waals surface area contributed by atoms with Gasteiger partial charge in [0.15, 0.2) is 0 Å². The number of benzene rings is 1. The number of fused-ring (bicyclic) bond motifs is 1. The van der Waals surface area contributed by atoms with Crippen molar-refractivity contribution in [2.75, 3.05) is 38.6 Å². The van der Waals surface area contributed by atoms with E-state index in [0.717, 1.165) is 44.0 Å². The molecule has 0 radical (unpaired) electrons. The molecule has 1 aromatic heterocycles. The zero-order chi connectivity index (χ0) is 25.8. The summed E-state index contributed by atoms with van der Waals surface area (Å²) in [5, 5.41) is 7.87. The van der Waals surface area contributed by atoms with Gasteiger partial charge in [0.2, 0.25) is 11.9 Å². The van der Waals surface area contributed by atoms with Gasteiger partial charge in [-0.3, -0.25) is 9.69 Å². The second-order valence-corrected chi connectivity index (χ2v) is 9.26. The lowest BCUT2D eigenvalue weighted by molar-refractivity contribution is -0.192. The number of piperidine rings is 1. The first kappa shape index (κ1) is 26.7. The Labute approximate surface area is 206 Å². The van der Waals surface area contributed by atoms with Crippen LogP contribution in [0.15, 0.2) is 42.7 Å². The largest absolute Gasteiger partial charge is 0.490 e. The van der Waals surface area contributed by atoms with E-state index in [1.807, 2.05) is 38.4 Å². The summed E-state index contributed by atoms with van der Waals surface area (Å²) < 4.78 is 31.7. The zero-order valence-electron chi connectivity index (χ0n) is 19.4. The smallest absolute Gasteiger partial charge is 0.475 e. The van der Waals surface area contributed by atoms with Crippen LogP contribution in [0.4, 0.5) is 19.1 Å². The zero-order valence-corrected chi connectivity index (χ0v) is 20.1. The average Bonchev–Trinajstić information content (AvgIpc) is 3.18. The van der Waals surface area contributed by atoms with Gasteiger partial charge in [0.25, 0.3) is 0 Å². The molecule has 3 heterocycles. The minimum atomic E-state index is -5.08. The van der Waals surface area contributed by atoms with Crippen LogP contribution in [0.5, 0.6) is 0 Å². The summed E-state index contributed by atoms with van der Waals surface area (Å²) >= 11 is 6.17. The molecule has 2 saturated heterocycles. The lowest BCUT2D eigenvalue weighted by Crippen LogP contribution is -2.58. The van der Waals surface area contributed by atoms with Crippen molar-refractivity contribution in [3.8, 4) is 0 Å². The molecule has 35 heavy (non-hydrogen) atoms. The molecule has 2 fully saturated rings. The number of carboxylic acids is 1. The van der Waals surface area contributed by atoms with E-state index >= 15 is 0 Å². The number of hydrogen-bond acceptors (Lipinski definition) is 6. The quantitative estimate of drug-likeness (QED) is 0.670. The number of carboxylic acid groups (broad SMARTS) is 1. The number of amides is 1. The van der Waals surface area contributed by atoms with Gasteiger partial charge >= 0.3 is 12.1 Å². The monoisotopic (exact) mass is 513 g/mol. The molecule has 0 spiro atoms. The van der Waals surface area contributed by atoms with Crippen LogP contribution in [0.1, 0.15) is 18.4 Å². The summed E-state index contributed by atoms with van der Waals surface area (Å²) in [6, 6.07) is 9.85. The van der Waals surface area contributed by atoms with E-state index in [1.165, 1.54) is 5.56 Å². The van der Waals surface area contributed by atoms with E-state index in [9.17, 15) is 18.0 Å². The van der Waals surface area contributed by atoms with Crippen molar-refractivity contribution >= 4 is 29.4 Å². The van der Waals surface area contributed by atoms with Crippen LogP contribution in [0, 0.1) is 5.41 Å². The van der Waals surface area contributed by atoms with Crippen LogP contribution < -0.4 is 4.90 Å². The average molecular weight is 514 g/mol. The van der Waals surface area contributed by atoms with E-state index in [0.29, 0.717) is 5.95 Å². The van der Waals surface area contributed by atoms with Crippen LogP contribution in [0.2, 0.25) is 5.02 Å². The van der Waals surface area contributed by atoms with Gasteiger partial charge in [0.05, 0.1) is 11.5 Å². The first-order valence-electron chi connectivity index (χ1n) is 11.0. The fourth-order valence-corrected chi connectivity index (χ4v) is 5.02. The van der Waals surface area contributed by atoms with E-state index in [2.05, 4.69) is 25.8 Å². The second kappa shape index (κ2) is 10.8. The Hall–Kier alpha value is -2.92. The topological polar surface area (TPSA) is 89.9 Å². The SMILES string of the molecule is CN(C)C(=O)[C@@]12CCCN(c3ncccn3)[C@@H]1CN(Cc1cccc(Cl)c1)C2.O=C(O)C(F)(F)F. The van der Waals surface area contributed by atoms with Crippen molar-refractivity contribution < 1.29 is 27.9 Å². The Morgan fingerprint density at radius 3 is 2.46 bits per heavy atom. The second-order valence-electron chi connectivity index (χ2n) is 8.82. The van der Waals surface area contributed by atoms with E-state index < -0.39 is 17.6 Å². The minimum Gasteiger partial charge on any atom is -0.475 e. The van der Waals surface area contributed by atoms with Crippen molar-refractivity contribution in [3.63, 3.8) is 0 Å². The highest BCUT2D eigenvalue weighted by Gasteiger charge is 2.56. The van der Waals surface area contributed by atoms with E-state index in [1.54, 1.807) is 17.3 Å². The van der Waals surface area contributed by atoms with Crippen molar-refractivity contribution in [1.82, 2.24) is 19.8 Å². The van der Waals surface area contributed by atoms with E-state index in [4.69, 9.17) is 21.5 Å². The molecule has 0 bridgehead atoms. The number of halogens is 4. The fraction of sp³-hybridized carbons (Fsp3) is 0.478. The van der Waals surface area contributed by atoms with E-state index in [-0.39, 0.29) is 11.9 Å². The maximum absolute atomic E-state index is 13.3. The number of carbonyl (C=O) groups is 2. The summed E-state index contributed by atoms with van der Waals surface area (Å²) in [6.07, 6.45) is 0.305. The predicted octanol–water partition coefficient (Wildman–Crippen LogP) is 3.32. The summed E-state index contributed by atoms with van der Waals surface area (Å²) in [5.74, 6) is -1.84. The molecule has 0 aliphatic carbocycles. The molecule has 2 aliphatic heterocycles. The Morgan fingerprint density at radius 2 is 1.89 bits per heavy atom. The van der Waals surface area contributed by atoms with Crippen LogP contribution in [-0.2, 0) is 16.1 Å². The molecule has 2 aromatic rings. The minimum absolute atomic E-state index is 0.0673. The molecule has 0 saturated carbocycles. The van der Waals surface area contributed by atoms with Crippen LogP contribution in [0.3, 0.4) is 0 Å². The number of aromatic nitrogens is 2. The highest BCUT2D eigenvalue weighted by Crippen LogP contribution is 2.44. The first-order chi connectivity index (χ1) is 16.4. The highest BCUT2D eigenvalue weighted by atomic mass is 35.5. The number of hydrogen-bond donors (Lipinski definition) is 1. The van der Waals surface area contributed by atoms with Gasteiger partial charge in [0.1, 0.15) is 0 Å². The number of nitrogens with zero attached hydrogens (tertiary/aromatic N) is 5. The number of rotatable bonds is 4. The Balaban J connectivity index is 0.000000429. The maximum atomic E-state index is 13.3. The van der Waals surface area contributed by atoms with Crippen LogP contribution in [0.25, 0.3) is 0 Å². The number of aliphatic carboxylic acids is 1. The molecule has 1 amide bonds. The third kappa shape index (κ3) is 6.21. The standard InChI is InChI=1S/C21H26ClN5O.C2HF3O2/c1-25(2)19(28)21-8-4-11-27(20-23-9-5-10-24-20)18(21)14-26(15-21)13-16-6-3-7-17(22)12-16;3-2(4,5)1(6)7/h3,5-7,9-10,12,18H,4,8,11,13-15H2,1-2H3;(H,6,7)/t18-,21-;/m1./s1. The lowest BCUT2D eigenvalue weighted by Gasteiger charge is -2.45. The van der Waals surface area contributed by atoms with Crippen molar-refractivity contribution in [3.05, 3.63) is 53.3 Å². The fourth-order valence-electron chi connectivity index (χ4n) is 4.81. The van der Waals surface area contributed by atoms with Crippen molar-refractivity contribution in [2.24, 2.45) is 5.41 Å². The van der Waals surface area contributed by atoms with Gasteiger partial charge < -0.3 is 14.9 Å². The Kier molecular flexibility index (Phi) is 8.22. The number of likely N-dealkylation sites (tertiary alicyclic amines) is 1. The summed E-state index contributed by atoms with van der Waals surface area (Å²) in [7, 11) is 3.71. The molecule has 8 nitrogen and oxygen atoms in total. The number of alkyl halides is 3. The normalized spacial score (nSPS) is 22.1.